The van der Waals surface area contributed by atoms with Crippen molar-refractivity contribution in [2.75, 3.05) is 13.2 Å². The van der Waals surface area contributed by atoms with Crippen molar-refractivity contribution in [1.29, 1.82) is 0 Å². The third-order valence-electron chi connectivity index (χ3n) is 2.09. The summed E-state index contributed by atoms with van der Waals surface area (Å²) in [5, 5.41) is 29.7. The predicted molar refractivity (Wildman–Crippen MR) is 58.4 cm³/mol. The molecule has 16 heavy (non-hydrogen) atoms. The molecule has 0 fully saturated rings. The first-order valence-electron chi connectivity index (χ1n) is 4.95. The number of rotatable bonds is 4. The van der Waals surface area contributed by atoms with Gasteiger partial charge in [0.05, 0.1) is 0 Å². The fourth-order valence-electron chi connectivity index (χ4n) is 1.16. The summed E-state index contributed by atoms with van der Waals surface area (Å²) in [4.78, 5) is 11.6. The van der Waals surface area contributed by atoms with Gasteiger partial charge >= 0.3 is 0 Å². The second-order valence-corrected chi connectivity index (χ2v) is 3.74. The van der Waals surface area contributed by atoms with Crippen molar-refractivity contribution in [2.24, 2.45) is 5.92 Å². The van der Waals surface area contributed by atoms with Gasteiger partial charge in [0, 0.05) is 24.8 Å². The van der Waals surface area contributed by atoms with E-state index in [2.05, 4.69) is 5.32 Å². The molecule has 0 aliphatic carbocycles. The standard InChI is InChI=1S/C11H15NO4/c1-7(6-13)5-12-11(16)8-2-9(14)4-10(15)3-8/h2-4,7,13-15H,5-6H2,1H3,(H,12,16). The second kappa shape index (κ2) is 5.37. The second-order valence-electron chi connectivity index (χ2n) is 3.74. The fourth-order valence-corrected chi connectivity index (χ4v) is 1.16. The Labute approximate surface area is 93.4 Å². The molecule has 0 spiro atoms. The normalized spacial score (nSPS) is 12.1. The molecule has 1 amide bonds. The number of phenols is 2. The zero-order valence-electron chi connectivity index (χ0n) is 8.97. The van der Waals surface area contributed by atoms with E-state index in [9.17, 15) is 15.0 Å². The summed E-state index contributed by atoms with van der Waals surface area (Å²) in [6.07, 6.45) is 0. The van der Waals surface area contributed by atoms with Gasteiger partial charge in [-0.3, -0.25) is 4.79 Å². The van der Waals surface area contributed by atoms with Crippen LogP contribution in [0.5, 0.6) is 11.5 Å². The number of carbonyl (C=O) groups excluding carboxylic acids is 1. The number of phenolic OH excluding ortho intramolecular Hbond substituents is 2. The highest BCUT2D eigenvalue weighted by Crippen LogP contribution is 2.20. The first-order valence-corrected chi connectivity index (χ1v) is 4.95. The lowest BCUT2D eigenvalue weighted by atomic mass is 10.1. The van der Waals surface area contributed by atoms with Gasteiger partial charge in [0.15, 0.2) is 0 Å². The summed E-state index contributed by atoms with van der Waals surface area (Å²) in [5.74, 6) is -0.762. The van der Waals surface area contributed by atoms with Crippen molar-refractivity contribution in [1.82, 2.24) is 5.32 Å². The minimum atomic E-state index is -0.397. The SMILES string of the molecule is CC(CO)CNC(=O)c1cc(O)cc(O)c1. The molecular weight excluding hydrogens is 210 g/mol. The third kappa shape index (κ3) is 3.43. The molecule has 0 aliphatic rings. The lowest BCUT2D eigenvalue weighted by molar-refractivity contribution is 0.0941. The van der Waals surface area contributed by atoms with Crippen molar-refractivity contribution in [3.63, 3.8) is 0 Å². The number of carbonyl (C=O) groups is 1. The number of hydrogen-bond donors (Lipinski definition) is 4. The lowest BCUT2D eigenvalue weighted by Gasteiger charge is -2.09. The Balaban J connectivity index is 2.66. The van der Waals surface area contributed by atoms with Crippen LogP contribution in [0.3, 0.4) is 0 Å². The quantitative estimate of drug-likeness (QED) is 0.599. The van der Waals surface area contributed by atoms with Gasteiger partial charge in [0.1, 0.15) is 11.5 Å². The van der Waals surface area contributed by atoms with E-state index in [-0.39, 0.29) is 29.6 Å². The highest BCUT2D eigenvalue weighted by atomic mass is 16.3. The molecule has 88 valence electrons. The monoisotopic (exact) mass is 225 g/mol. The van der Waals surface area contributed by atoms with Crippen molar-refractivity contribution < 1.29 is 20.1 Å². The van der Waals surface area contributed by atoms with Gasteiger partial charge < -0.3 is 20.6 Å². The van der Waals surface area contributed by atoms with Crippen LogP contribution in [-0.2, 0) is 0 Å². The van der Waals surface area contributed by atoms with Gasteiger partial charge in [0.2, 0.25) is 0 Å². The van der Waals surface area contributed by atoms with E-state index in [1.165, 1.54) is 12.1 Å². The van der Waals surface area contributed by atoms with E-state index >= 15 is 0 Å². The molecule has 1 atom stereocenters. The van der Waals surface area contributed by atoms with E-state index in [0.29, 0.717) is 6.54 Å². The summed E-state index contributed by atoms with van der Waals surface area (Å²) in [7, 11) is 0. The van der Waals surface area contributed by atoms with Crippen LogP contribution in [-0.4, -0.2) is 34.4 Å². The molecule has 0 heterocycles. The molecule has 1 aromatic rings. The first-order chi connectivity index (χ1) is 7.52. The van der Waals surface area contributed by atoms with Crippen molar-refractivity contribution in [3.05, 3.63) is 23.8 Å². The molecule has 5 nitrogen and oxygen atoms in total. The number of amides is 1. The summed E-state index contributed by atoms with van der Waals surface area (Å²) >= 11 is 0. The van der Waals surface area contributed by atoms with Gasteiger partial charge in [-0.25, -0.2) is 0 Å². The average Bonchev–Trinajstić information content (AvgIpc) is 2.23. The highest BCUT2D eigenvalue weighted by molar-refractivity contribution is 5.95. The Morgan fingerprint density at radius 3 is 2.38 bits per heavy atom. The van der Waals surface area contributed by atoms with E-state index in [1.807, 2.05) is 0 Å². The maximum Gasteiger partial charge on any atom is 0.251 e. The third-order valence-corrected chi connectivity index (χ3v) is 2.09. The van der Waals surface area contributed by atoms with E-state index in [1.54, 1.807) is 6.92 Å². The van der Waals surface area contributed by atoms with Crippen LogP contribution in [0.1, 0.15) is 17.3 Å². The number of benzene rings is 1. The van der Waals surface area contributed by atoms with Gasteiger partial charge in [-0.05, 0) is 18.1 Å². The number of hydrogen-bond acceptors (Lipinski definition) is 4. The fraction of sp³-hybridized carbons (Fsp3) is 0.364. The smallest absolute Gasteiger partial charge is 0.251 e. The number of aliphatic hydroxyl groups is 1. The van der Waals surface area contributed by atoms with Crippen molar-refractivity contribution >= 4 is 5.91 Å². The summed E-state index contributed by atoms with van der Waals surface area (Å²) in [6, 6.07) is 3.67. The summed E-state index contributed by atoms with van der Waals surface area (Å²) in [5.41, 5.74) is 0.183. The topological polar surface area (TPSA) is 89.8 Å². The van der Waals surface area contributed by atoms with Gasteiger partial charge in [-0.2, -0.15) is 0 Å². The van der Waals surface area contributed by atoms with E-state index < -0.39 is 5.91 Å². The maximum atomic E-state index is 11.6. The molecule has 0 radical (unpaired) electrons. The van der Waals surface area contributed by atoms with Crippen LogP contribution in [0.15, 0.2) is 18.2 Å². The highest BCUT2D eigenvalue weighted by Gasteiger charge is 2.09. The molecule has 0 aliphatic heterocycles. The lowest BCUT2D eigenvalue weighted by Crippen LogP contribution is -2.29. The molecule has 0 saturated heterocycles. The van der Waals surface area contributed by atoms with Gasteiger partial charge in [-0.1, -0.05) is 6.92 Å². The molecule has 1 rings (SSSR count). The Hall–Kier alpha value is -1.75. The van der Waals surface area contributed by atoms with Crippen LogP contribution in [0.4, 0.5) is 0 Å². The number of nitrogens with one attached hydrogen (secondary N) is 1. The Bertz CT molecular complexity index is 358. The van der Waals surface area contributed by atoms with E-state index in [4.69, 9.17) is 5.11 Å². The largest absolute Gasteiger partial charge is 0.508 e. The Morgan fingerprint density at radius 2 is 1.88 bits per heavy atom. The van der Waals surface area contributed by atoms with Crippen LogP contribution >= 0.6 is 0 Å². The number of aromatic hydroxyl groups is 2. The first kappa shape index (κ1) is 12.3. The molecule has 4 N–H and O–H groups in total. The minimum absolute atomic E-state index is 0.00836. The van der Waals surface area contributed by atoms with E-state index in [0.717, 1.165) is 6.07 Å². The molecule has 1 aromatic carbocycles. The number of aliphatic hydroxyl groups excluding tert-OH is 1. The van der Waals surface area contributed by atoms with Gasteiger partial charge in [0.25, 0.3) is 5.91 Å². The molecule has 0 bridgehead atoms. The van der Waals surface area contributed by atoms with Gasteiger partial charge in [-0.15, -0.1) is 0 Å². The molecule has 5 heteroatoms. The molecule has 0 saturated carbocycles. The molecular formula is C11H15NO4. The van der Waals surface area contributed by atoms with Crippen LogP contribution < -0.4 is 5.32 Å². The zero-order valence-corrected chi connectivity index (χ0v) is 8.97. The maximum absolute atomic E-state index is 11.6. The summed E-state index contributed by atoms with van der Waals surface area (Å²) < 4.78 is 0. The van der Waals surface area contributed by atoms with Crippen LogP contribution in [0.25, 0.3) is 0 Å². The summed E-state index contributed by atoms with van der Waals surface area (Å²) in [6.45, 7) is 2.12. The average molecular weight is 225 g/mol. The Kier molecular flexibility index (Phi) is 4.13. The predicted octanol–water partition coefficient (Wildman–Crippen LogP) is 0.456. The van der Waals surface area contributed by atoms with Crippen LogP contribution in [0, 0.1) is 5.92 Å². The molecule has 1 unspecified atom stereocenters. The zero-order chi connectivity index (χ0) is 12.1. The van der Waals surface area contributed by atoms with Crippen molar-refractivity contribution in [3.8, 4) is 11.5 Å². The van der Waals surface area contributed by atoms with Crippen LogP contribution in [0.2, 0.25) is 0 Å². The van der Waals surface area contributed by atoms with Crippen molar-refractivity contribution in [2.45, 2.75) is 6.92 Å². The minimum Gasteiger partial charge on any atom is -0.508 e. The molecule has 0 aromatic heterocycles. The Morgan fingerprint density at radius 1 is 1.31 bits per heavy atom.